The Kier molecular flexibility index (Phi) is 4.44. The van der Waals surface area contributed by atoms with E-state index >= 15 is 0 Å². The van der Waals surface area contributed by atoms with Crippen LogP contribution in [0, 0.1) is 20.8 Å². The van der Waals surface area contributed by atoms with Crippen LogP contribution < -0.4 is 4.72 Å². The van der Waals surface area contributed by atoms with Crippen molar-refractivity contribution in [3.8, 4) is 0 Å². The molecular weight excluding hydrogens is 384 g/mol. The van der Waals surface area contributed by atoms with Gasteiger partial charge in [-0.25, -0.2) is 13.4 Å². The Bertz CT molecular complexity index is 749. The molecule has 1 aromatic carbocycles. The molecule has 0 radical (unpaired) electrons. The minimum absolute atomic E-state index is 0.134. The van der Waals surface area contributed by atoms with Crippen molar-refractivity contribution in [2.24, 2.45) is 0 Å². The summed E-state index contributed by atoms with van der Waals surface area (Å²) >= 11 is 10.1. The van der Waals surface area contributed by atoms with Gasteiger partial charge in [-0.1, -0.05) is 29.0 Å². The highest BCUT2D eigenvalue weighted by Crippen LogP contribution is 2.33. The molecule has 0 fully saturated rings. The van der Waals surface area contributed by atoms with E-state index in [0.29, 0.717) is 15.9 Å². The summed E-state index contributed by atoms with van der Waals surface area (Å²) in [5.74, 6) is 0. The molecule has 2 rings (SSSR count). The smallest absolute Gasteiger partial charge is 0.273 e. The molecular formula is C12H12BrClN2O2S2. The van der Waals surface area contributed by atoms with Crippen LogP contribution in [0.15, 0.2) is 20.8 Å². The molecule has 0 aliphatic heterocycles. The van der Waals surface area contributed by atoms with Crippen molar-refractivity contribution in [3.63, 3.8) is 0 Å². The molecule has 108 valence electrons. The molecule has 2 aromatic rings. The largest absolute Gasteiger partial charge is 0.277 e. The second-order valence-electron chi connectivity index (χ2n) is 4.38. The number of anilines is 1. The van der Waals surface area contributed by atoms with Crippen LogP contribution in [0.1, 0.15) is 16.8 Å². The molecule has 0 saturated carbocycles. The van der Waals surface area contributed by atoms with Crippen molar-refractivity contribution < 1.29 is 8.42 Å². The maximum atomic E-state index is 12.4. The predicted molar refractivity (Wildman–Crippen MR) is 86.3 cm³/mol. The first-order valence-corrected chi connectivity index (χ1v) is 9.10. The van der Waals surface area contributed by atoms with Gasteiger partial charge in [0.25, 0.3) is 10.0 Å². The van der Waals surface area contributed by atoms with Crippen LogP contribution in [0.3, 0.4) is 0 Å². The fourth-order valence-electron chi connectivity index (χ4n) is 1.83. The van der Waals surface area contributed by atoms with Crippen molar-refractivity contribution in [2.45, 2.75) is 25.0 Å². The predicted octanol–water partition coefficient (Wildman–Crippen LogP) is 4.29. The van der Waals surface area contributed by atoms with Crippen molar-refractivity contribution in [1.29, 1.82) is 0 Å². The van der Waals surface area contributed by atoms with Gasteiger partial charge in [-0.15, -0.1) is 0 Å². The monoisotopic (exact) mass is 394 g/mol. The van der Waals surface area contributed by atoms with Crippen LogP contribution in [0.25, 0.3) is 0 Å². The zero-order chi connectivity index (χ0) is 15.1. The molecule has 0 atom stereocenters. The molecule has 8 heteroatoms. The molecule has 4 nitrogen and oxygen atoms in total. The highest BCUT2D eigenvalue weighted by molar-refractivity contribution is 9.10. The van der Waals surface area contributed by atoms with E-state index < -0.39 is 10.0 Å². The third-order valence-electron chi connectivity index (χ3n) is 2.64. The zero-order valence-corrected chi connectivity index (χ0v) is 15.0. The van der Waals surface area contributed by atoms with Gasteiger partial charge in [-0.2, -0.15) is 0 Å². The Morgan fingerprint density at radius 1 is 1.30 bits per heavy atom. The number of nitrogens with one attached hydrogen (secondary N) is 1. The summed E-state index contributed by atoms with van der Waals surface area (Å²) in [6.07, 6.45) is 0. The van der Waals surface area contributed by atoms with Gasteiger partial charge in [0.15, 0.2) is 8.68 Å². The first-order chi connectivity index (χ1) is 9.20. The molecule has 1 N–H and O–H groups in total. The van der Waals surface area contributed by atoms with Gasteiger partial charge < -0.3 is 0 Å². The summed E-state index contributed by atoms with van der Waals surface area (Å²) in [5, 5.41) is 0. The van der Waals surface area contributed by atoms with E-state index in [0.717, 1.165) is 22.5 Å². The Morgan fingerprint density at radius 2 is 1.95 bits per heavy atom. The van der Waals surface area contributed by atoms with Crippen LogP contribution in [-0.4, -0.2) is 13.4 Å². The van der Waals surface area contributed by atoms with Crippen molar-refractivity contribution in [2.75, 3.05) is 4.72 Å². The first kappa shape index (κ1) is 15.8. The van der Waals surface area contributed by atoms with E-state index in [2.05, 4.69) is 25.6 Å². The van der Waals surface area contributed by atoms with E-state index in [1.807, 2.05) is 26.0 Å². The SMILES string of the molecule is Cc1cc(C)c(NS(=O)(=O)c2sc(Cl)nc2C)c(Br)c1. The normalized spacial score (nSPS) is 11.7. The molecule has 0 aliphatic rings. The number of hydrogen-bond donors (Lipinski definition) is 1. The van der Waals surface area contributed by atoms with E-state index in [1.54, 1.807) is 6.92 Å². The number of hydrogen-bond acceptors (Lipinski definition) is 4. The van der Waals surface area contributed by atoms with Crippen LogP contribution in [-0.2, 0) is 10.0 Å². The van der Waals surface area contributed by atoms with E-state index in [4.69, 9.17) is 11.6 Å². The maximum absolute atomic E-state index is 12.4. The Labute approximate surface area is 135 Å². The average Bonchev–Trinajstić information content (AvgIpc) is 2.64. The van der Waals surface area contributed by atoms with E-state index in [9.17, 15) is 8.42 Å². The summed E-state index contributed by atoms with van der Waals surface area (Å²) in [7, 11) is -3.69. The molecule has 0 amide bonds. The topological polar surface area (TPSA) is 59.1 Å². The van der Waals surface area contributed by atoms with Crippen LogP contribution >= 0.6 is 38.9 Å². The number of thiazole rings is 1. The van der Waals surface area contributed by atoms with Crippen LogP contribution in [0.2, 0.25) is 4.47 Å². The van der Waals surface area contributed by atoms with Crippen molar-refractivity contribution in [1.82, 2.24) is 4.98 Å². The molecule has 0 unspecified atom stereocenters. The Balaban J connectivity index is 2.46. The molecule has 0 spiro atoms. The second-order valence-corrected chi connectivity index (χ2v) is 8.70. The third-order valence-corrected chi connectivity index (χ3v) is 6.49. The lowest BCUT2D eigenvalue weighted by Crippen LogP contribution is -2.14. The van der Waals surface area contributed by atoms with Crippen molar-refractivity contribution in [3.05, 3.63) is 37.9 Å². The summed E-state index contributed by atoms with van der Waals surface area (Å²) in [5.41, 5.74) is 2.82. The number of rotatable bonds is 3. The molecule has 20 heavy (non-hydrogen) atoms. The third kappa shape index (κ3) is 3.16. The molecule has 0 bridgehead atoms. The lowest BCUT2D eigenvalue weighted by Gasteiger charge is -2.12. The summed E-state index contributed by atoms with van der Waals surface area (Å²) < 4.78 is 28.4. The van der Waals surface area contributed by atoms with Gasteiger partial charge in [0.05, 0.1) is 11.4 Å². The number of nitrogens with zero attached hydrogens (tertiary/aromatic N) is 1. The summed E-state index contributed by atoms with van der Waals surface area (Å²) in [4.78, 5) is 3.93. The molecule has 0 saturated heterocycles. The number of halogens is 2. The number of benzene rings is 1. The Morgan fingerprint density at radius 3 is 2.45 bits per heavy atom. The minimum Gasteiger partial charge on any atom is -0.277 e. The van der Waals surface area contributed by atoms with Gasteiger partial charge in [0.2, 0.25) is 0 Å². The zero-order valence-electron chi connectivity index (χ0n) is 11.0. The second kappa shape index (κ2) is 5.63. The first-order valence-electron chi connectivity index (χ1n) is 5.63. The van der Waals surface area contributed by atoms with Gasteiger partial charge in [-0.3, -0.25) is 4.72 Å². The van der Waals surface area contributed by atoms with Gasteiger partial charge in [0, 0.05) is 4.47 Å². The summed E-state index contributed by atoms with van der Waals surface area (Å²) in [6.45, 7) is 5.42. The average molecular weight is 396 g/mol. The molecule has 0 aliphatic carbocycles. The fraction of sp³-hybridized carbons (Fsp3) is 0.250. The highest BCUT2D eigenvalue weighted by Gasteiger charge is 2.23. The van der Waals surface area contributed by atoms with E-state index in [-0.39, 0.29) is 8.68 Å². The van der Waals surface area contributed by atoms with Crippen molar-refractivity contribution >= 4 is 54.6 Å². The highest BCUT2D eigenvalue weighted by atomic mass is 79.9. The number of aromatic nitrogens is 1. The van der Waals surface area contributed by atoms with Gasteiger partial charge in [0.1, 0.15) is 0 Å². The van der Waals surface area contributed by atoms with Gasteiger partial charge >= 0.3 is 0 Å². The molecule has 1 heterocycles. The van der Waals surface area contributed by atoms with Crippen LogP contribution in [0.4, 0.5) is 5.69 Å². The van der Waals surface area contributed by atoms with Gasteiger partial charge in [-0.05, 0) is 53.9 Å². The standard InChI is InChI=1S/C12H12BrClN2O2S2/c1-6-4-7(2)10(9(13)5-6)16-20(17,18)11-8(3)15-12(14)19-11/h4-5,16H,1-3H3. The Hall–Kier alpha value is -0.630. The van der Waals surface area contributed by atoms with E-state index in [1.165, 1.54) is 0 Å². The maximum Gasteiger partial charge on any atom is 0.273 e. The quantitative estimate of drug-likeness (QED) is 0.843. The lowest BCUT2D eigenvalue weighted by molar-refractivity contribution is 0.602. The van der Waals surface area contributed by atoms with Crippen LogP contribution in [0.5, 0.6) is 0 Å². The number of sulfonamides is 1. The molecule has 1 aromatic heterocycles. The minimum atomic E-state index is -3.69. The fourth-order valence-corrected chi connectivity index (χ4v) is 5.62. The number of aryl methyl sites for hydroxylation is 3. The summed E-state index contributed by atoms with van der Waals surface area (Å²) in [6, 6.07) is 3.77. The lowest BCUT2D eigenvalue weighted by atomic mass is 10.1.